The lowest BCUT2D eigenvalue weighted by atomic mass is 9.88. The monoisotopic (exact) mass is 341 g/mol. The van der Waals surface area contributed by atoms with Crippen LogP contribution in [0, 0.1) is 5.82 Å². The summed E-state index contributed by atoms with van der Waals surface area (Å²) >= 11 is 0. The predicted molar refractivity (Wildman–Crippen MR) is 96.3 cm³/mol. The largest absolute Gasteiger partial charge is 0.497 e. The Morgan fingerprint density at radius 3 is 2.12 bits per heavy atom. The van der Waals surface area contributed by atoms with Gasteiger partial charge in [-0.05, 0) is 54.7 Å². The van der Waals surface area contributed by atoms with Crippen molar-refractivity contribution in [3.05, 3.63) is 65.5 Å². The van der Waals surface area contributed by atoms with E-state index in [1.54, 1.807) is 19.2 Å². The van der Waals surface area contributed by atoms with Gasteiger partial charge in [-0.1, -0.05) is 24.3 Å². The standard InChI is InChI=1S/C21H24FNO2/c1-25-19-11-7-17(8-12-19)20(16-5-9-18(22)10-6-16)15-21(24)23-13-3-2-4-14-23/h5-12,20H,2-4,13-15H2,1H3. The Morgan fingerprint density at radius 1 is 1.00 bits per heavy atom. The number of likely N-dealkylation sites (tertiary alicyclic amines) is 1. The minimum atomic E-state index is -0.264. The number of ether oxygens (including phenoxy) is 1. The molecule has 0 N–H and O–H groups in total. The molecule has 1 heterocycles. The second kappa shape index (κ2) is 8.15. The molecule has 0 spiro atoms. The van der Waals surface area contributed by atoms with Crippen molar-refractivity contribution >= 4 is 5.91 Å². The fraction of sp³-hybridized carbons (Fsp3) is 0.381. The third-order valence-electron chi connectivity index (χ3n) is 4.88. The molecule has 1 saturated heterocycles. The van der Waals surface area contributed by atoms with Crippen LogP contribution >= 0.6 is 0 Å². The number of piperidine rings is 1. The van der Waals surface area contributed by atoms with Crippen LogP contribution in [0.3, 0.4) is 0 Å². The number of methoxy groups -OCH3 is 1. The first-order valence-electron chi connectivity index (χ1n) is 8.84. The van der Waals surface area contributed by atoms with Gasteiger partial charge < -0.3 is 9.64 Å². The van der Waals surface area contributed by atoms with Crippen molar-refractivity contribution in [2.24, 2.45) is 0 Å². The first-order valence-corrected chi connectivity index (χ1v) is 8.84. The van der Waals surface area contributed by atoms with Crippen molar-refractivity contribution in [3.8, 4) is 5.75 Å². The highest BCUT2D eigenvalue weighted by Crippen LogP contribution is 2.30. The molecule has 3 rings (SSSR count). The normalized spacial score (nSPS) is 15.7. The van der Waals surface area contributed by atoms with Crippen molar-refractivity contribution in [3.63, 3.8) is 0 Å². The second-order valence-corrected chi connectivity index (χ2v) is 6.52. The molecule has 0 radical (unpaired) electrons. The molecule has 1 aliphatic rings. The molecular weight excluding hydrogens is 317 g/mol. The minimum absolute atomic E-state index is 0.0825. The van der Waals surface area contributed by atoms with Gasteiger partial charge in [0, 0.05) is 25.4 Å². The number of carbonyl (C=O) groups excluding carboxylic acids is 1. The summed E-state index contributed by atoms with van der Waals surface area (Å²) in [6.07, 6.45) is 3.76. The van der Waals surface area contributed by atoms with Gasteiger partial charge in [0.2, 0.25) is 5.91 Å². The van der Waals surface area contributed by atoms with E-state index in [0.717, 1.165) is 42.8 Å². The summed E-state index contributed by atoms with van der Waals surface area (Å²) in [5.74, 6) is 0.606. The zero-order valence-electron chi connectivity index (χ0n) is 14.6. The van der Waals surface area contributed by atoms with E-state index in [1.165, 1.54) is 18.6 Å². The van der Waals surface area contributed by atoms with E-state index in [0.29, 0.717) is 6.42 Å². The van der Waals surface area contributed by atoms with Crippen molar-refractivity contribution in [2.75, 3.05) is 20.2 Å². The molecule has 4 heteroatoms. The quantitative estimate of drug-likeness (QED) is 0.808. The molecule has 1 amide bonds. The summed E-state index contributed by atoms with van der Waals surface area (Å²) in [6.45, 7) is 1.69. The third-order valence-corrected chi connectivity index (χ3v) is 4.88. The molecule has 2 aromatic rings. The maximum Gasteiger partial charge on any atom is 0.223 e. The predicted octanol–water partition coefficient (Wildman–Crippen LogP) is 4.37. The fourth-order valence-electron chi connectivity index (χ4n) is 3.41. The van der Waals surface area contributed by atoms with Crippen LogP contribution in [-0.4, -0.2) is 31.0 Å². The summed E-state index contributed by atoms with van der Waals surface area (Å²) in [5, 5.41) is 0. The van der Waals surface area contributed by atoms with Crippen LogP contribution in [-0.2, 0) is 4.79 Å². The molecule has 0 aromatic heterocycles. The van der Waals surface area contributed by atoms with E-state index in [9.17, 15) is 9.18 Å². The highest BCUT2D eigenvalue weighted by molar-refractivity contribution is 5.78. The Kier molecular flexibility index (Phi) is 5.69. The molecule has 132 valence electrons. The van der Waals surface area contributed by atoms with Crippen molar-refractivity contribution < 1.29 is 13.9 Å². The molecule has 1 unspecified atom stereocenters. The van der Waals surface area contributed by atoms with Gasteiger partial charge >= 0.3 is 0 Å². The smallest absolute Gasteiger partial charge is 0.223 e. The highest BCUT2D eigenvalue weighted by atomic mass is 19.1. The average Bonchev–Trinajstić information content (AvgIpc) is 2.67. The fourth-order valence-corrected chi connectivity index (χ4v) is 3.41. The number of halogens is 1. The zero-order valence-corrected chi connectivity index (χ0v) is 14.6. The van der Waals surface area contributed by atoms with Crippen LogP contribution < -0.4 is 4.74 Å². The Labute approximate surface area is 148 Å². The molecule has 0 saturated carbocycles. The number of hydrogen-bond donors (Lipinski definition) is 0. The van der Waals surface area contributed by atoms with Gasteiger partial charge in [0.1, 0.15) is 11.6 Å². The first-order chi connectivity index (χ1) is 12.2. The van der Waals surface area contributed by atoms with E-state index >= 15 is 0 Å². The third kappa shape index (κ3) is 4.38. The minimum Gasteiger partial charge on any atom is -0.497 e. The van der Waals surface area contributed by atoms with Gasteiger partial charge in [-0.2, -0.15) is 0 Å². The van der Waals surface area contributed by atoms with Gasteiger partial charge in [-0.25, -0.2) is 4.39 Å². The highest BCUT2D eigenvalue weighted by Gasteiger charge is 2.23. The average molecular weight is 341 g/mol. The Balaban J connectivity index is 1.85. The number of rotatable bonds is 5. The van der Waals surface area contributed by atoms with Gasteiger partial charge in [0.25, 0.3) is 0 Å². The first kappa shape index (κ1) is 17.5. The van der Waals surface area contributed by atoms with E-state index in [4.69, 9.17) is 4.74 Å². The van der Waals surface area contributed by atoms with E-state index in [1.807, 2.05) is 29.2 Å². The molecule has 1 fully saturated rings. The van der Waals surface area contributed by atoms with Gasteiger partial charge in [0.05, 0.1) is 7.11 Å². The SMILES string of the molecule is COc1ccc(C(CC(=O)N2CCCCC2)c2ccc(F)cc2)cc1. The Bertz CT molecular complexity index is 691. The van der Waals surface area contributed by atoms with E-state index in [-0.39, 0.29) is 17.6 Å². The maximum atomic E-state index is 13.3. The van der Waals surface area contributed by atoms with E-state index in [2.05, 4.69) is 0 Å². The topological polar surface area (TPSA) is 29.5 Å². The zero-order chi connectivity index (χ0) is 17.6. The number of amides is 1. The molecular formula is C21H24FNO2. The number of benzene rings is 2. The summed E-state index contributed by atoms with van der Waals surface area (Å²) in [4.78, 5) is 14.7. The number of hydrogen-bond acceptors (Lipinski definition) is 2. The van der Waals surface area contributed by atoms with Gasteiger partial charge in [0.15, 0.2) is 0 Å². The van der Waals surface area contributed by atoms with Crippen LogP contribution in [0.25, 0.3) is 0 Å². The summed E-state index contributed by atoms with van der Waals surface area (Å²) in [7, 11) is 1.63. The molecule has 2 aromatic carbocycles. The molecule has 0 bridgehead atoms. The van der Waals surface area contributed by atoms with Crippen LogP contribution in [0.1, 0.15) is 42.7 Å². The van der Waals surface area contributed by atoms with Crippen LogP contribution in [0.2, 0.25) is 0 Å². The molecule has 3 nitrogen and oxygen atoms in total. The van der Waals surface area contributed by atoms with Crippen LogP contribution in [0.15, 0.2) is 48.5 Å². The lowest BCUT2D eigenvalue weighted by Gasteiger charge is -2.29. The van der Waals surface area contributed by atoms with Gasteiger partial charge in [-0.15, -0.1) is 0 Å². The Morgan fingerprint density at radius 2 is 1.56 bits per heavy atom. The maximum absolute atomic E-state index is 13.3. The number of nitrogens with zero attached hydrogens (tertiary/aromatic N) is 1. The molecule has 1 aliphatic heterocycles. The van der Waals surface area contributed by atoms with Gasteiger partial charge in [-0.3, -0.25) is 4.79 Å². The summed E-state index contributed by atoms with van der Waals surface area (Å²) < 4.78 is 18.5. The van der Waals surface area contributed by atoms with Crippen LogP contribution in [0.5, 0.6) is 5.75 Å². The van der Waals surface area contributed by atoms with Crippen molar-refractivity contribution in [1.29, 1.82) is 0 Å². The molecule has 0 aliphatic carbocycles. The van der Waals surface area contributed by atoms with E-state index < -0.39 is 0 Å². The lowest BCUT2D eigenvalue weighted by molar-refractivity contribution is -0.132. The summed E-state index contributed by atoms with van der Waals surface area (Å²) in [5.41, 5.74) is 2.00. The number of carbonyl (C=O) groups is 1. The Hall–Kier alpha value is -2.36. The van der Waals surface area contributed by atoms with Crippen molar-refractivity contribution in [2.45, 2.75) is 31.6 Å². The molecule has 25 heavy (non-hydrogen) atoms. The van der Waals surface area contributed by atoms with Crippen molar-refractivity contribution in [1.82, 2.24) is 4.90 Å². The second-order valence-electron chi connectivity index (χ2n) is 6.52. The lowest BCUT2D eigenvalue weighted by Crippen LogP contribution is -2.36. The molecule has 1 atom stereocenters. The van der Waals surface area contributed by atoms with Crippen LogP contribution in [0.4, 0.5) is 4.39 Å². The summed E-state index contributed by atoms with van der Waals surface area (Å²) in [6, 6.07) is 14.2.